The van der Waals surface area contributed by atoms with Crippen LogP contribution in [0.15, 0.2) is 12.1 Å². The van der Waals surface area contributed by atoms with Crippen LogP contribution in [0.5, 0.6) is 0 Å². The number of alkyl halides is 5. The van der Waals surface area contributed by atoms with Crippen LogP contribution >= 0.6 is 0 Å². The molecule has 0 aliphatic heterocycles. The van der Waals surface area contributed by atoms with Gasteiger partial charge in [0.05, 0.1) is 5.56 Å². The van der Waals surface area contributed by atoms with E-state index in [1.54, 1.807) is 0 Å². The minimum atomic E-state index is -4.85. The van der Waals surface area contributed by atoms with Crippen molar-refractivity contribution >= 4 is 0 Å². The Kier molecular flexibility index (Phi) is 2.68. The lowest BCUT2D eigenvalue weighted by Crippen LogP contribution is -2.08. The van der Waals surface area contributed by atoms with Crippen molar-refractivity contribution < 1.29 is 26.3 Å². The Labute approximate surface area is 74.4 Å². The van der Waals surface area contributed by atoms with E-state index in [0.29, 0.717) is 0 Å². The average molecular weight is 215 g/mol. The number of halogens is 6. The standard InChI is InChI=1S/C7H3F6N/c8-5-2-3(7(11,12)13)1-4(14-5)6(9)10/h1-2,6H. The van der Waals surface area contributed by atoms with Crippen molar-refractivity contribution in [1.82, 2.24) is 4.98 Å². The second-order valence-corrected chi connectivity index (χ2v) is 2.40. The quantitative estimate of drug-likeness (QED) is 0.517. The molecule has 1 rings (SSSR count). The predicted octanol–water partition coefficient (Wildman–Crippen LogP) is 3.18. The number of pyridine rings is 1. The molecule has 0 aliphatic rings. The number of nitrogens with zero attached hydrogens (tertiary/aromatic N) is 1. The molecule has 0 saturated heterocycles. The van der Waals surface area contributed by atoms with Gasteiger partial charge in [0.15, 0.2) is 0 Å². The van der Waals surface area contributed by atoms with Gasteiger partial charge in [0.1, 0.15) is 5.69 Å². The van der Waals surface area contributed by atoms with Crippen molar-refractivity contribution in [2.45, 2.75) is 12.6 Å². The molecule has 0 unspecified atom stereocenters. The third-order valence-electron chi connectivity index (χ3n) is 1.36. The Balaban J connectivity index is 3.21. The van der Waals surface area contributed by atoms with Crippen LogP contribution in [-0.2, 0) is 6.18 Å². The van der Waals surface area contributed by atoms with Crippen LogP contribution in [0.1, 0.15) is 17.7 Å². The highest BCUT2D eigenvalue weighted by molar-refractivity contribution is 5.20. The van der Waals surface area contributed by atoms with Crippen LogP contribution in [0.3, 0.4) is 0 Å². The van der Waals surface area contributed by atoms with Gasteiger partial charge in [-0.1, -0.05) is 0 Å². The second kappa shape index (κ2) is 3.47. The van der Waals surface area contributed by atoms with Crippen LogP contribution in [0.2, 0.25) is 0 Å². The first-order chi connectivity index (χ1) is 6.30. The van der Waals surface area contributed by atoms with E-state index in [-0.39, 0.29) is 12.1 Å². The number of hydrogen-bond donors (Lipinski definition) is 0. The molecule has 0 atom stereocenters. The van der Waals surface area contributed by atoms with E-state index in [0.717, 1.165) is 0 Å². The third kappa shape index (κ3) is 2.36. The molecule has 0 fully saturated rings. The van der Waals surface area contributed by atoms with Crippen LogP contribution in [0.4, 0.5) is 26.3 Å². The normalized spacial score (nSPS) is 12.2. The molecule has 14 heavy (non-hydrogen) atoms. The van der Waals surface area contributed by atoms with Gasteiger partial charge in [-0.25, -0.2) is 13.8 Å². The van der Waals surface area contributed by atoms with Crippen molar-refractivity contribution in [3.05, 3.63) is 29.3 Å². The molecular formula is C7H3F6N. The number of hydrogen-bond acceptors (Lipinski definition) is 1. The van der Waals surface area contributed by atoms with Crippen LogP contribution < -0.4 is 0 Å². The maximum atomic E-state index is 12.4. The van der Waals surface area contributed by atoms with Gasteiger partial charge >= 0.3 is 6.18 Å². The molecule has 7 heteroatoms. The predicted molar refractivity (Wildman–Crippen MR) is 34.2 cm³/mol. The van der Waals surface area contributed by atoms with E-state index in [4.69, 9.17) is 0 Å². The van der Waals surface area contributed by atoms with Crippen molar-refractivity contribution in [1.29, 1.82) is 0 Å². The highest BCUT2D eigenvalue weighted by Crippen LogP contribution is 2.31. The van der Waals surface area contributed by atoms with Gasteiger partial charge in [-0.15, -0.1) is 0 Å². The zero-order valence-corrected chi connectivity index (χ0v) is 6.45. The Morgan fingerprint density at radius 3 is 2.14 bits per heavy atom. The lowest BCUT2D eigenvalue weighted by molar-refractivity contribution is -0.138. The zero-order chi connectivity index (χ0) is 10.9. The third-order valence-corrected chi connectivity index (χ3v) is 1.36. The van der Waals surface area contributed by atoms with Crippen LogP contribution in [0.25, 0.3) is 0 Å². The molecule has 0 aromatic carbocycles. The van der Waals surface area contributed by atoms with E-state index in [9.17, 15) is 26.3 Å². The molecule has 0 spiro atoms. The summed E-state index contributed by atoms with van der Waals surface area (Å²) in [6, 6.07) is 0.180. The largest absolute Gasteiger partial charge is 0.416 e. The highest BCUT2D eigenvalue weighted by atomic mass is 19.4. The van der Waals surface area contributed by atoms with E-state index in [2.05, 4.69) is 4.98 Å². The van der Waals surface area contributed by atoms with Gasteiger partial charge in [0.2, 0.25) is 5.95 Å². The van der Waals surface area contributed by atoms with Gasteiger partial charge in [-0.2, -0.15) is 17.6 Å². The van der Waals surface area contributed by atoms with Crippen LogP contribution in [-0.4, -0.2) is 4.98 Å². The minimum Gasteiger partial charge on any atom is -0.219 e. The summed E-state index contributed by atoms with van der Waals surface area (Å²) in [6.45, 7) is 0. The molecule has 0 radical (unpaired) electrons. The van der Waals surface area contributed by atoms with E-state index in [1.165, 1.54) is 0 Å². The van der Waals surface area contributed by atoms with Gasteiger partial charge < -0.3 is 0 Å². The molecule has 0 saturated carbocycles. The Hall–Kier alpha value is -1.27. The summed E-state index contributed by atoms with van der Waals surface area (Å²) < 4.78 is 72.1. The molecule has 0 aliphatic carbocycles. The Morgan fingerprint density at radius 1 is 1.14 bits per heavy atom. The summed E-state index contributed by atoms with van der Waals surface area (Å²) in [4.78, 5) is 2.63. The molecule has 0 amide bonds. The van der Waals surface area contributed by atoms with Crippen molar-refractivity contribution in [3.8, 4) is 0 Å². The average Bonchev–Trinajstić information content (AvgIpc) is 2.01. The van der Waals surface area contributed by atoms with Crippen molar-refractivity contribution in [2.75, 3.05) is 0 Å². The number of aromatic nitrogens is 1. The topological polar surface area (TPSA) is 12.9 Å². The van der Waals surface area contributed by atoms with E-state index in [1.807, 2.05) is 0 Å². The fourth-order valence-corrected chi connectivity index (χ4v) is 0.793. The second-order valence-electron chi connectivity index (χ2n) is 2.40. The summed E-state index contributed by atoms with van der Waals surface area (Å²) in [5, 5.41) is 0. The fraction of sp³-hybridized carbons (Fsp3) is 0.286. The smallest absolute Gasteiger partial charge is 0.219 e. The monoisotopic (exact) mass is 215 g/mol. The van der Waals surface area contributed by atoms with E-state index < -0.39 is 29.8 Å². The molecule has 0 bridgehead atoms. The van der Waals surface area contributed by atoms with Crippen molar-refractivity contribution in [3.63, 3.8) is 0 Å². The summed E-state index contributed by atoms with van der Waals surface area (Å²) in [5.74, 6) is -1.57. The maximum absolute atomic E-state index is 12.4. The lowest BCUT2D eigenvalue weighted by atomic mass is 10.2. The van der Waals surface area contributed by atoms with Gasteiger partial charge in [0.25, 0.3) is 6.43 Å². The van der Waals surface area contributed by atoms with Crippen molar-refractivity contribution in [2.24, 2.45) is 0 Å². The first kappa shape index (κ1) is 10.8. The Morgan fingerprint density at radius 2 is 1.71 bits per heavy atom. The highest BCUT2D eigenvalue weighted by Gasteiger charge is 2.32. The molecule has 1 nitrogen and oxygen atoms in total. The Bertz CT molecular complexity index is 331. The summed E-state index contributed by atoms with van der Waals surface area (Å²) in [5.41, 5.74) is -2.70. The summed E-state index contributed by atoms with van der Waals surface area (Å²) >= 11 is 0. The summed E-state index contributed by atoms with van der Waals surface area (Å²) in [7, 11) is 0. The molecule has 1 aromatic rings. The first-order valence-electron chi connectivity index (χ1n) is 3.33. The summed E-state index contributed by atoms with van der Waals surface area (Å²) in [6.07, 6.45) is -8.08. The zero-order valence-electron chi connectivity index (χ0n) is 6.45. The molecule has 1 heterocycles. The van der Waals surface area contributed by atoms with Gasteiger partial charge in [-0.3, -0.25) is 0 Å². The molecular weight excluding hydrogens is 212 g/mol. The molecule has 78 valence electrons. The first-order valence-corrected chi connectivity index (χ1v) is 3.33. The number of rotatable bonds is 1. The van der Waals surface area contributed by atoms with E-state index >= 15 is 0 Å². The lowest BCUT2D eigenvalue weighted by Gasteiger charge is -2.07. The molecule has 0 N–H and O–H groups in total. The maximum Gasteiger partial charge on any atom is 0.416 e. The minimum absolute atomic E-state index is 0.0614. The van der Waals surface area contributed by atoms with Gasteiger partial charge in [0, 0.05) is 6.07 Å². The van der Waals surface area contributed by atoms with Crippen LogP contribution in [0, 0.1) is 5.95 Å². The van der Waals surface area contributed by atoms with Gasteiger partial charge in [-0.05, 0) is 6.07 Å². The fourth-order valence-electron chi connectivity index (χ4n) is 0.793. The SMILES string of the molecule is Fc1cc(C(F)(F)F)cc(C(F)F)n1. The molecule has 1 aromatic heterocycles.